The molecule has 1 N–H and O–H groups in total. The molecule has 0 bridgehead atoms. The fourth-order valence-corrected chi connectivity index (χ4v) is 2.43. The van der Waals surface area contributed by atoms with E-state index in [4.69, 9.17) is 4.74 Å². The quantitative estimate of drug-likeness (QED) is 0.810. The summed E-state index contributed by atoms with van der Waals surface area (Å²) in [6.45, 7) is 0.399. The molecule has 0 aliphatic carbocycles. The second-order valence-electron chi connectivity index (χ2n) is 4.38. The Hall–Kier alpha value is -2.04. The lowest BCUT2D eigenvalue weighted by atomic mass is 9.88. The summed E-state index contributed by atoms with van der Waals surface area (Å²) in [6.07, 6.45) is 0. The summed E-state index contributed by atoms with van der Waals surface area (Å²) in [5, 5.41) is 9.21. The number of rotatable bonds is 3. The number of methoxy groups -OCH3 is 1. The zero-order valence-corrected chi connectivity index (χ0v) is 10.3. The highest BCUT2D eigenvalue weighted by Crippen LogP contribution is 2.37. The SMILES string of the molecule is COc1ccccc1[C@H]1CN(C)C(=O)[C@@H]1C(=O)O. The van der Waals surface area contributed by atoms with Crippen LogP contribution in [0, 0.1) is 5.92 Å². The van der Waals surface area contributed by atoms with E-state index < -0.39 is 11.9 Å². The number of carboxylic acids is 1. The van der Waals surface area contributed by atoms with Crippen molar-refractivity contribution >= 4 is 11.9 Å². The molecule has 0 spiro atoms. The molecule has 96 valence electrons. The van der Waals surface area contributed by atoms with Gasteiger partial charge in [0.1, 0.15) is 11.7 Å². The lowest BCUT2D eigenvalue weighted by Gasteiger charge is -2.16. The third-order valence-electron chi connectivity index (χ3n) is 3.32. The molecule has 1 saturated heterocycles. The van der Waals surface area contributed by atoms with Crippen LogP contribution in [-0.4, -0.2) is 42.6 Å². The van der Waals surface area contributed by atoms with Gasteiger partial charge in [-0.15, -0.1) is 0 Å². The Labute approximate surface area is 105 Å². The first-order valence-electron chi connectivity index (χ1n) is 5.67. The molecular formula is C13H15NO4. The van der Waals surface area contributed by atoms with Crippen LogP contribution in [0.15, 0.2) is 24.3 Å². The standard InChI is InChI=1S/C13H15NO4/c1-14-7-9(11(12(14)15)13(16)17)8-5-3-4-6-10(8)18-2/h3-6,9,11H,7H2,1-2H3,(H,16,17)/t9-,11-/m1/s1. The molecule has 1 amide bonds. The van der Waals surface area contributed by atoms with Crippen molar-refractivity contribution in [3.63, 3.8) is 0 Å². The summed E-state index contributed by atoms with van der Waals surface area (Å²) in [6, 6.07) is 7.22. The van der Waals surface area contributed by atoms with E-state index in [1.807, 2.05) is 18.2 Å². The van der Waals surface area contributed by atoms with E-state index in [9.17, 15) is 14.7 Å². The number of nitrogens with zero attached hydrogens (tertiary/aromatic N) is 1. The van der Waals surface area contributed by atoms with Crippen molar-refractivity contribution in [2.75, 3.05) is 20.7 Å². The molecule has 18 heavy (non-hydrogen) atoms. The number of ether oxygens (including phenoxy) is 1. The van der Waals surface area contributed by atoms with Gasteiger partial charge in [-0.1, -0.05) is 18.2 Å². The van der Waals surface area contributed by atoms with Crippen LogP contribution < -0.4 is 4.74 Å². The van der Waals surface area contributed by atoms with Crippen LogP contribution in [0.2, 0.25) is 0 Å². The van der Waals surface area contributed by atoms with Crippen LogP contribution >= 0.6 is 0 Å². The van der Waals surface area contributed by atoms with Crippen molar-refractivity contribution < 1.29 is 19.4 Å². The number of para-hydroxylation sites is 1. The second-order valence-corrected chi connectivity index (χ2v) is 4.38. The van der Waals surface area contributed by atoms with E-state index in [2.05, 4.69) is 0 Å². The molecule has 1 aromatic rings. The molecule has 2 atom stereocenters. The fourth-order valence-electron chi connectivity index (χ4n) is 2.43. The van der Waals surface area contributed by atoms with E-state index in [1.54, 1.807) is 13.1 Å². The number of amides is 1. The third kappa shape index (κ3) is 1.92. The minimum Gasteiger partial charge on any atom is -0.496 e. The molecule has 5 nitrogen and oxygen atoms in total. The Balaban J connectivity index is 2.43. The van der Waals surface area contributed by atoms with Crippen LogP contribution in [-0.2, 0) is 9.59 Å². The van der Waals surface area contributed by atoms with Gasteiger partial charge in [0, 0.05) is 25.1 Å². The van der Waals surface area contributed by atoms with Crippen LogP contribution in [0.1, 0.15) is 11.5 Å². The number of aliphatic carboxylic acids is 1. The normalized spacial score (nSPS) is 23.2. The molecule has 0 aromatic heterocycles. The molecule has 0 radical (unpaired) electrons. The Bertz CT molecular complexity index is 486. The first kappa shape index (κ1) is 12.4. The van der Waals surface area contributed by atoms with E-state index in [0.29, 0.717) is 12.3 Å². The van der Waals surface area contributed by atoms with Gasteiger partial charge in [-0.25, -0.2) is 0 Å². The van der Waals surface area contributed by atoms with E-state index in [1.165, 1.54) is 12.0 Å². The van der Waals surface area contributed by atoms with Crippen molar-refractivity contribution in [1.29, 1.82) is 0 Å². The maximum atomic E-state index is 11.8. The molecule has 2 rings (SSSR count). The highest BCUT2D eigenvalue weighted by molar-refractivity contribution is 5.99. The van der Waals surface area contributed by atoms with Crippen molar-refractivity contribution in [1.82, 2.24) is 4.90 Å². The van der Waals surface area contributed by atoms with Gasteiger partial charge in [0.05, 0.1) is 7.11 Å². The summed E-state index contributed by atoms with van der Waals surface area (Å²) in [5.41, 5.74) is 0.769. The second kappa shape index (κ2) is 4.68. The van der Waals surface area contributed by atoms with Crippen LogP contribution in [0.5, 0.6) is 5.75 Å². The van der Waals surface area contributed by atoms with Crippen molar-refractivity contribution in [2.24, 2.45) is 5.92 Å². The Morgan fingerprint density at radius 1 is 1.44 bits per heavy atom. The minimum absolute atomic E-state index is 0.349. The molecule has 0 unspecified atom stereocenters. The summed E-state index contributed by atoms with van der Waals surface area (Å²) >= 11 is 0. The molecule has 1 aliphatic rings. The van der Waals surface area contributed by atoms with Crippen LogP contribution in [0.3, 0.4) is 0 Å². The third-order valence-corrected chi connectivity index (χ3v) is 3.32. The minimum atomic E-state index is -1.08. The largest absolute Gasteiger partial charge is 0.496 e. The number of hydrogen-bond donors (Lipinski definition) is 1. The molecule has 5 heteroatoms. The number of carboxylic acid groups (broad SMARTS) is 1. The molecule has 1 aromatic carbocycles. The van der Waals surface area contributed by atoms with E-state index in [0.717, 1.165) is 5.56 Å². The smallest absolute Gasteiger partial charge is 0.316 e. The van der Waals surface area contributed by atoms with Crippen molar-refractivity contribution in [3.8, 4) is 5.75 Å². The van der Waals surface area contributed by atoms with Gasteiger partial charge in [-0.05, 0) is 6.07 Å². The fraction of sp³-hybridized carbons (Fsp3) is 0.385. The summed E-state index contributed by atoms with van der Waals surface area (Å²) in [4.78, 5) is 24.5. The van der Waals surface area contributed by atoms with Gasteiger partial charge in [0.15, 0.2) is 0 Å². The average Bonchev–Trinajstić information content (AvgIpc) is 2.65. The topological polar surface area (TPSA) is 66.8 Å². The van der Waals surface area contributed by atoms with Crippen molar-refractivity contribution in [3.05, 3.63) is 29.8 Å². The van der Waals surface area contributed by atoms with Crippen LogP contribution in [0.25, 0.3) is 0 Å². The van der Waals surface area contributed by atoms with Gasteiger partial charge in [-0.2, -0.15) is 0 Å². The first-order chi connectivity index (χ1) is 8.56. The lowest BCUT2D eigenvalue weighted by molar-refractivity contribution is -0.147. The number of likely N-dealkylation sites (N-methyl/N-ethyl adjacent to an activating group) is 1. The van der Waals surface area contributed by atoms with Crippen molar-refractivity contribution in [2.45, 2.75) is 5.92 Å². The number of hydrogen-bond acceptors (Lipinski definition) is 3. The van der Waals surface area contributed by atoms with Gasteiger partial charge >= 0.3 is 5.97 Å². The molecule has 0 saturated carbocycles. The zero-order valence-electron chi connectivity index (χ0n) is 10.3. The Morgan fingerprint density at radius 2 is 2.11 bits per heavy atom. The Kier molecular flexibility index (Phi) is 3.23. The van der Waals surface area contributed by atoms with Gasteiger partial charge in [0.25, 0.3) is 0 Å². The van der Waals surface area contributed by atoms with Gasteiger partial charge < -0.3 is 14.7 Å². The predicted molar refractivity (Wildman–Crippen MR) is 64.5 cm³/mol. The van der Waals surface area contributed by atoms with E-state index >= 15 is 0 Å². The van der Waals surface area contributed by atoms with Crippen LogP contribution in [0.4, 0.5) is 0 Å². The summed E-state index contributed by atoms with van der Waals surface area (Å²) in [5.74, 6) is -2.20. The average molecular weight is 249 g/mol. The Morgan fingerprint density at radius 3 is 2.72 bits per heavy atom. The highest BCUT2D eigenvalue weighted by Gasteiger charge is 2.45. The summed E-state index contributed by atoms with van der Waals surface area (Å²) in [7, 11) is 3.16. The molecular weight excluding hydrogens is 234 g/mol. The molecule has 1 heterocycles. The highest BCUT2D eigenvalue weighted by atomic mass is 16.5. The number of carbonyl (C=O) groups is 2. The monoisotopic (exact) mass is 249 g/mol. The summed E-state index contributed by atoms with van der Waals surface area (Å²) < 4.78 is 5.23. The first-order valence-corrected chi connectivity index (χ1v) is 5.67. The molecule has 1 fully saturated rings. The van der Waals surface area contributed by atoms with Gasteiger partial charge in [0.2, 0.25) is 5.91 Å². The lowest BCUT2D eigenvalue weighted by Crippen LogP contribution is -2.28. The number of likely N-dealkylation sites (tertiary alicyclic amines) is 1. The maximum Gasteiger partial charge on any atom is 0.316 e. The number of carbonyl (C=O) groups excluding carboxylic acids is 1. The van der Waals surface area contributed by atoms with E-state index in [-0.39, 0.29) is 11.8 Å². The maximum absolute atomic E-state index is 11.8. The number of benzene rings is 1. The predicted octanol–water partition coefficient (Wildman–Crippen LogP) is 0.952. The molecule has 1 aliphatic heterocycles. The zero-order chi connectivity index (χ0) is 13.3. The van der Waals surface area contributed by atoms with Gasteiger partial charge in [-0.3, -0.25) is 9.59 Å².